The van der Waals surface area contributed by atoms with Crippen molar-refractivity contribution in [3.05, 3.63) is 0 Å². The molecule has 7 heteroatoms. The first-order valence-corrected chi connectivity index (χ1v) is 6.54. The zero-order valence-electron chi connectivity index (χ0n) is 12.1. The van der Waals surface area contributed by atoms with Gasteiger partial charge in [-0.05, 0) is 26.7 Å². The van der Waals surface area contributed by atoms with Gasteiger partial charge in [-0.1, -0.05) is 13.3 Å². The van der Waals surface area contributed by atoms with Gasteiger partial charge in [-0.3, -0.25) is 9.59 Å². The number of carboxylic acids is 1. The van der Waals surface area contributed by atoms with Crippen LogP contribution in [0.2, 0.25) is 0 Å². The molecule has 0 spiro atoms. The van der Waals surface area contributed by atoms with Gasteiger partial charge in [0.05, 0.1) is 12.0 Å². The second-order valence-corrected chi connectivity index (χ2v) is 4.68. The number of carbonyl (C=O) groups is 3. The zero-order valence-corrected chi connectivity index (χ0v) is 12.1. The summed E-state index contributed by atoms with van der Waals surface area (Å²) in [5.74, 6) is -1.75. The molecule has 0 bridgehead atoms. The van der Waals surface area contributed by atoms with Gasteiger partial charge < -0.3 is 19.3 Å². The third kappa shape index (κ3) is 10.2. The number of rotatable bonds is 9. The first-order valence-electron chi connectivity index (χ1n) is 6.54. The van der Waals surface area contributed by atoms with Crippen molar-refractivity contribution in [2.45, 2.75) is 52.6 Å². The number of esters is 1. The van der Waals surface area contributed by atoms with Crippen molar-refractivity contribution >= 4 is 18.1 Å². The molecule has 0 amide bonds. The Morgan fingerprint density at radius 1 is 1.05 bits per heavy atom. The standard InChI is InChI=1S/C13H22O7/c1-9(2)20-13(17)19-8-18-11(14)7-5-4-6-10(3)12(15)16/h9-10H,4-8H2,1-3H3,(H,15,16). The molecule has 0 aromatic carbocycles. The fourth-order valence-corrected chi connectivity index (χ4v) is 1.29. The monoisotopic (exact) mass is 290 g/mol. The second kappa shape index (κ2) is 10.1. The number of carbonyl (C=O) groups excluding carboxylic acids is 2. The molecule has 0 aliphatic rings. The largest absolute Gasteiger partial charge is 0.511 e. The summed E-state index contributed by atoms with van der Waals surface area (Å²) in [5, 5.41) is 8.67. The fourth-order valence-electron chi connectivity index (χ4n) is 1.29. The van der Waals surface area contributed by atoms with Gasteiger partial charge in [-0.15, -0.1) is 0 Å². The minimum Gasteiger partial charge on any atom is -0.481 e. The molecule has 7 nitrogen and oxygen atoms in total. The molecule has 0 rings (SSSR count). The zero-order chi connectivity index (χ0) is 15.5. The molecule has 20 heavy (non-hydrogen) atoms. The topological polar surface area (TPSA) is 99.1 Å². The maximum Gasteiger partial charge on any atom is 0.511 e. The molecular formula is C13H22O7. The van der Waals surface area contributed by atoms with E-state index < -0.39 is 30.8 Å². The predicted molar refractivity (Wildman–Crippen MR) is 68.9 cm³/mol. The Hall–Kier alpha value is -1.79. The highest BCUT2D eigenvalue weighted by Crippen LogP contribution is 2.09. The Morgan fingerprint density at radius 2 is 1.70 bits per heavy atom. The fraction of sp³-hybridized carbons (Fsp3) is 0.769. The second-order valence-electron chi connectivity index (χ2n) is 4.68. The van der Waals surface area contributed by atoms with Crippen LogP contribution in [0.25, 0.3) is 0 Å². The lowest BCUT2D eigenvalue weighted by Gasteiger charge is -2.09. The average molecular weight is 290 g/mol. The summed E-state index contributed by atoms with van der Waals surface area (Å²) in [6.45, 7) is 4.49. The van der Waals surface area contributed by atoms with E-state index in [0.717, 1.165) is 0 Å². The van der Waals surface area contributed by atoms with Gasteiger partial charge >= 0.3 is 18.1 Å². The Kier molecular flexibility index (Phi) is 9.15. The van der Waals surface area contributed by atoms with Crippen molar-refractivity contribution in [3.63, 3.8) is 0 Å². The van der Waals surface area contributed by atoms with Crippen LogP contribution in [0.1, 0.15) is 46.5 Å². The Labute approximate surface area is 118 Å². The highest BCUT2D eigenvalue weighted by Gasteiger charge is 2.11. The highest BCUT2D eigenvalue weighted by atomic mass is 16.8. The summed E-state index contributed by atoms with van der Waals surface area (Å²) in [6.07, 6.45) is 0.651. The summed E-state index contributed by atoms with van der Waals surface area (Å²) in [5.41, 5.74) is 0. The SMILES string of the molecule is CC(C)OC(=O)OCOC(=O)CCCCC(C)C(=O)O. The molecule has 0 aliphatic heterocycles. The summed E-state index contributed by atoms with van der Waals surface area (Å²) in [7, 11) is 0. The average Bonchev–Trinajstić information content (AvgIpc) is 2.33. The normalized spacial score (nSPS) is 11.8. The van der Waals surface area contributed by atoms with Gasteiger partial charge in [-0.2, -0.15) is 0 Å². The Morgan fingerprint density at radius 3 is 2.25 bits per heavy atom. The molecule has 0 radical (unpaired) electrons. The number of aliphatic carboxylic acids is 1. The minimum atomic E-state index is -0.886. The molecule has 0 saturated carbocycles. The molecule has 0 saturated heterocycles. The first-order chi connectivity index (χ1) is 9.32. The Balaban J connectivity index is 3.55. The number of hydrogen-bond acceptors (Lipinski definition) is 6. The summed E-state index contributed by atoms with van der Waals surface area (Å²) in [4.78, 5) is 32.8. The van der Waals surface area contributed by atoms with Gasteiger partial charge in [0.25, 0.3) is 0 Å². The van der Waals surface area contributed by atoms with Crippen LogP contribution < -0.4 is 0 Å². The number of unbranched alkanes of at least 4 members (excludes halogenated alkanes) is 1. The molecular weight excluding hydrogens is 268 g/mol. The number of carboxylic acid groups (broad SMARTS) is 1. The van der Waals surface area contributed by atoms with Crippen LogP contribution in [-0.4, -0.2) is 36.1 Å². The van der Waals surface area contributed by atoms with Crippen LogP contribution in [0, 0.1) is 5.92 Å². The minimum absolute atomic E-state index is 0.162. The van der Waals surface area contributed by atoms with Crippen LogP contribution in [0.4, 0.5) is 4.79 Å². The van der Waals surface area contributed by atoms with E-state index >= 15 is 0 Å². The van der Waals surface area contributed by atoms with E-state index in [0.29, 0.717) is 19.3 Å². The van der Waals surface area contributed by atoms with Gasteiger partial charge in [-0.25, -0.2) is 4.79 Å². The van der Waals surface area contributed by atoms with Crippen LogP contribution in [0.3, 0.4) is 0 Å². The molecule has 1 N–H and O–H groups in total. The predicted octanol–water partition coefficient (Wildman–Crippen LogP) is 2.33. The van der Waals surface area contributed by atoms with Crippen molar-refractivity contribution in [1.29, 1.82) is 0 Å². The van der Waals surface area contributed by atoms with Gasteiger partial charge in [0.15, 0.2) is 0 Å². The third-order valence-electron chi connectivity index (χ3n) is 2.42. The summed E-state index contributed by atoms with van der Waals surface area (Å²) < 4.78 is 13.9. The lowest BCUT2D eigenvalue weighted by molar-refractivity contribution is -0.153. The molecule has 1 unspecified atom stereocenters. The maximum atomic E-state index is 11.3. The van der Waals surface area contributed by atoms with Crippen LogP contribution in [-0.2, 0) is 23.8 Å². The van der Waals surface area contributed by atoms with E-state index in [1.165, 1.54) is 0 Å². The third-order valence-corrected chi connectivity index (χ3v) is 2.42. The van der Waals surface area contributed by atoms with Crippen molar-refractivity contribution in [2.75, 3.05) is 6.79 Å². The number of hydrogen-bond donors (Lipinski definition) is 1. The lowest BCUT2D eigenvalue weighted by atomic mass is 10.0. The maximum absolute atomic E-state index is 11.3. The summed E-state index contributed by atoms with van der Waals surface area (Å²) in [6, 6.07) is 0. The van der Waals surface area contributed by atoms with E-state index in [1.54, 1.807) is 20.8 Å². The highest BCUT2D eigenvalue weighted by molar-refractivity contribution is 5.70. The van der Waals surface area contributed by atoms with Crippen LogP contribution >= 0.6 is 0 Å². The van der Waals surface area contributed by atoms with Crippen molar-refractivity contribution in [3.8, 4) is 0 Å². The molecule has 0 fully saturated rings. The smallest absolute Gasteiger partial charge is 0.481 e. The molecule has 1 atom stereocenters. The van der Waals surface area contributed by atoms with E-state index in [-0.39, 0.29) is 12.5 Å². The van der Waals surface area contributed by atoms with Crippen molar-refractivity contribution in [1.82, 2.24) is 0 Å². The molecule has 116 valence electrons. The van der Waals surface area contributed by atoms with Crippen molar-refractivity contribution in [2.24, 2.45) is 5.92 Å². The van der Waals surface area contributed by atoms with E-state index in [9.17, 15) is 14.4 Å². The Bertz CT molecular complexity index is 325. The molecule has 0 heterocycles. The molecule has 0 aromatic heterocycles. The summed E-state index contributed by atoms with van der Waals surface area (Å²) >= 11 is 0. The van der Waals surface area contributed by atoms with E-state index in [4.69, 9.17) is 5.11 Å². The molecule has 0 aliphatic carbocycles. The quantitative estimate of drug-likeness (QED) is 0.395. The van der Waals surface area contributed by atoms with Crippen LogP contribution in [0.15, 0.2) is 0 Å². The molecule has 0 aromatic rings. The lowest BCUT2D eigenvalue weighted by Crippen LogP contribution is -2.16. The van der Waals surface area contributed by atoms with Gasteiger partial charge in [0.1, 0.15) is 0 Å². The van der Waals surface area contributed by atoms with Crippen LogP contribution in [0.5, 0.6) is 0 Å². The van der Waals surface area contributed by atoms with E-state index in [1.807, 2.05) is 0 Å². The number of ether oxygens (including phenoxy) is 3. The van der Waals surface area contributed by atoms with Gasteiger partial charge in [0.2, 0.25) is 6.79 Å². The first kappa shape index (κ1) is 18.2. The van der Waals surface area contributed by atoms with E-state index in [2.05, 4.69) is 14.2 Å². The van der Waals surface area contributed by atoms with Gasteiger partial charge in [0, 0.05) is 6.42 Å². The van der Waals surface area contributed by atoms with Crippen molar-refractivity contribution < 1.29 is 33.7 Å².